The summed E-state index contributed by atoms with van der Waals surface area (Å²) in [6, 6.07) is 2.06. The molecule has 1 aromatic heterocycles. The van der Waals surface area contributed by atoms with Gasteiger partial charge in [0.05, 0.1) is 19.3 Å². The summed E-state index contributed by atoms with van der Waals surface area (Å²) in [6.45, 7) is 11.7. The standard InChI is InChI=1S/C14H25NO3/c1-5-15-9-13-8-14(18-12(13)4)10-16-6-7-17-11(2)3/h8,11,15H,5-7,9-10H2,1-4H3. The third-order valence-corrected chi connectivity index (χ3v) is 2.56. The third kappa shape index (κ3) is 5.67. The lowest BCUT2D eigenvalue weighted by Gasteiger charge is -2.06. The summed E-state index contributed by atoms with van der Waals surface area (Å²) in [5.74, 6) is 1.85. The zero-order valence-electron chi connectivity index (χ0n) is 11.9. The van der Waals surface area contributed by atoms with Crippen LogP contribution < -0.4 is 5.32 Å². The monoisotopic (exact) mass is 255 g/mol. The van der Waals surface area contributed by atoms with Gasteiger partial charge in [-0.3, -0.25) is 0 Å². The molecule has 4 heteroatoms. The Labute approximate surface area is 110 Å². The smallest absolute Gasteiger partial charge is 0.130 e. The molecule has 18 heavy (non-hydrogen) atoms. The number of hydrogen-bond donors (Lipinski definition) is 1. The second kappa shape index (κ2) is 8.29. The average Bonchev–Trinajstić information content (AvgIpc) is 2.66. The SMILES string of the molecule is CCNCc1cc(COCCOC(C)C)oc1C. The van der Waals surface area contributed by atoms with E-state index in [2.05, 4.69) is 18.3 Å². The highest BCUT2D eigenvalue weighted by Gasteiger charge is 2.06. The summed E-state index contributed by atoms with van der Waals surface area (Å²) in [5.41, 5.74) is 1.20. The first kappa shape index (κ1) is 15.2. The number of ether oxygens (including phenoxy) is 2. The lowest BCUT2D eigenvalue weighted by atomic mass is 10.2. The molecule has 0 amide bonds. The second-order valence-corrected chi connectivity index (χ2v) is 4.55. The summed E-state index contributed by atoms with van der Waals surface area (Å²) >= 11 is 0. The van der Waals surface area contributed by atoms with Crippen LogP contribution in [0.1, 0.15) is 37.9 Å². The van der Waals surface area contributed by atoms with Crippen molar-refractivity contribution in [2.24, 2.45) is 0 Å². The molecule has 0 spiro atoms. The predicted molar refractivity (Wildman–Crippen MR) is 71.6 cm³/mol. The van der Waals surface area contributed by atoms with Gasteiger partial charge in [-0.05, 0) is 33.4 Å². The molecule has 1 N–H and O–H groups in total. The van der Waals surface area contributed by atoms with Gasteiger partial charge in [0, 0.05) is 12.1 Å². The van der Waals surface area contributed by atoms with E-state index in [4.69, 9.17) is 13.9 Å². The van der Waals surface area contributed by atoms with Gasteiger partial charge in [0.2, 0.25) is 0 Å². The second-order valence-electron chi connectivity index (χ2n) is 4.55. The Bertz CT molecular complexity index is 334. The summed E-state index contributed by atoms with van der Waals surface area (Å²) < 4.78 is 16.5. The summed E-state index contributed by atoms with van der Waals surface area (Å²) in [5, 5.41) is 3.29. The zero-order chi connectivity index (χ0) is 13.4. The van der Waals surface area contributed by atoms with Gasteiger partial charge in [0.1, 0.15) is 18.1 Å². The maximum Gasteiger partial charge on any atom is 0.130 e. The molecule has 0 fully saturated rings. The van der Waals surface area contributed by atoms with Crippen LogP contribution in [0, 0.1) is 6.92 Å². The Morgan fingerprint density at radius 3 is 2.78 bits per heavy atom. The first-order chi connectivity index (χ1) is 8.63. The molecule has 0 saturated carbocycles. The Hall–Kier alpha value is -0.840. The summed E-state index contributed by atoms with van der Waals surface area (Å²) in [4.78, 5) is 0. The van der Waals surface area contributed by atoms with E-state index in [1.807, 2.05) is 20.8 Å². The van der Waals surface area contributed by atoms with Gasteiger partial charge in [0.25, 0.3) is 0 Å². The van der Waals surface area contributed by atoms with Gasteiger partial charge in [-0.2, -0.15) is 0 Å². The Kier molecular flexibility index (Phi) is 7.01. The van der Waals surface area contributed by atoms with Crippen molar-refractivity contribution >= 4 is 0 Å². The minimum atomic E-state index is 0.256. The molecule has 4 nitrogen and oxygen atoms in total. The van der Waals surface area contributed by atoms with E-state index < -0.39 is 0 Å². The molecule has 0 aliphatic carbocycles. The predicted octanol–water partition coefficient (Wildman–Crippen LogP) is 2.64. The van der Waals surface area contributed by atoms with Crippen molar-refractivity contribution in [1.82, 2.24) is 5.32 Å². The van der Waals surface area contributed by atoms with E-state index in [0.717, 1.165) is 24.6 Å². The average molecular weight is 255 g/mol. The minimum absolute atomic E-state index is 0.256. The van der Waals surface area contributed by atoms with Crippen molar-refractivity contribution < 1.29 is 13.9 Å². The summed E-state index contributed by atoms with van der Waals surface area (Å²) in [6.07, 6.45) is 0.256. The van der Waals surface area contributed by atoms with Crippen LogP contribution in [0.4, 0.5) is 0 Å². The molecule has 0 bridgehead atoms. The van der Waals surface area contributed by atoms with Crippen LogP contribution in [0.25, 0.3) is 0 Å². The Morgan fingerprint density at radius 1 is 1.33 bits per heavy atom. The van der Waals surface area contributed by atoms with E-state index >= 15 is 0 Å². The molecule has 1 rings (SSSR count). The van der Waals surface area contributed by atoms with E-state index in [1.54, 1.807) is 0 Å². The highest BCUT2D eigenvalue weighted by Crippen LogP contribution is 2.15. The number of aryl methyl sites for hydroxylation is 1. The highest BCUT2D eigenvalue weighted by molar-refractivity contribution is 5.20. The third-order valence-electron chi connectivity index (χ3n) is 2.56. The summed E-state index contributed by atoms with van der Waals surface area (Å²) in [7, 11) is 0. The van der Waals surface area contributed by atoms with E-state index in [1.165, 1.54) is 5.56 Å². The first-order valence-corrected chi connectivity index (χ1v) is 6.61. The Balaban J connectivity index is 2.25. The fourth-order valence-corrected chi connectivity index (χ4v) is 1.61. The van der Waals surface area contributed by atoms with Gasteiger partial charge in [-0.15, -0.1) is 0 Å². The normalized spacial score (nSPS) is 11.4. The lowest BCUT2D eigenvalue weighted by molar-refractivity contribution is 0.0102. The van der Waals surface area contributed by atoms with Gasteiger partial charge in [-0.1, -0.05) is 6.92 Å². The topological polar surface area (TPSA) is 43.6 Å². The van der Waals surface area contributed by atoms with Crippen molar-refractivity contribution in [3.05, 3.63) is 23.2 Å². The fraction of sp³-hybridized carbons (Fsp3) is 0.714. The molecule has 0 aromatic carbocycles. The van der Waals surface area contributed by atoms with Gasteiger partial charge in [0.15, 0.2) is 0 Å². The van der Waals surface area contributed by atoms with Crippen molar-refractivity contribution in [1.29, 1.82) is 0 Å². The molecule has 0 atom stereocenters. The van der Waals surface area contributed by atoms with Gasteiger partial charge in [-0.25, -0.2) is 0 Å². The van der Waals surface area contributed by atoms with Crippen LogP contribution in [0.15, 0.2) is 10.5 Å². The number of nitrogens with one attached hydrogen (secondary N) is 1. The first-order valence-electron chi connectivity index (χ1n) is 6.61. The van der Waals surface area contributed by atoms with Crippen LogP contribution in [0.2, 0.25) is 0 Å². The van der Waals surface area contributed by atoms with Gasteiger partial charge < -0.3 is 19.2 Å². The van der Waals surface area contributed by atoms with Crippen LogP contribution in [0.3, 0.4) is 0 Å². The van der Waals surface area contributed by atoms with Crippen molar-refractivity contribution in [2.75, 3.05) is 19.8 Å². The molecule has 104 valence electrons. The number of rotatable bonds is 9. The molecule has 0 radical (unpaired) electrons. The van der Waals surface area contributed by atoms with Gasteiger partial charge >= 0.3 is 0 Å². The van der Waals surface area contributed by atoms with Crippen LogP contribution in [0.5, 0.6) is 0 Å². The van der Waals surface area contributed by atoms with Crippen molar-refractivity contribution in [3.63, 3.8) is 0 Å². The molecule has 0 saturated heterocycles. The highest BCUT2D eigenvalue weighted by atomic mass is 16.5. The van der Waals surface area contributed by atoms with E-state index in [-0.39, 0.29) is 6.10 Å². The fourth-order valence-electron chi connectivity index (χ4n) is 1.61. The van der Waals surface area contributed by atoms with Crippen molar-refractivity contribution in [2.45, 2.75) is 47.0 Å². The zero-order valence-corrected chi connectivity index (χ0v) is 11.9. The van der Waals surface area contributed by atoms with E-state index in [9.17, 15) is 0 Å². The van der Waals surface area contributed by atoms with Crippen LogP contribution in [-0.4, -0.2) is 25.9 Å². The van der Waals surface area contributed by atoms with Crippen LogP contribution in [-0.2, 0) is 22.6 Å². The quantitative estimate of drug-likeness (QED) is 0.689. The maximum atomic E-state index is 5.63. The molecule has 0 unspecified atom stereocenters. The minimum Gasteiger partial charge on any atom is -0.464 e. The van der Waals surface area contributed by atoms with Crippen molar-refractivity contribution in [3.8, 4) is 0 Å². The number of furan rings is 1. The maximum absolute atomic E-state index is 5.63. The Morgan fingerprint density at radius 2 is 2.11 bits per heavy atom. The van der Waals surface area contributed by atoms with E-state index in [0.29, 0.717) is 19.8 Å². The molecule has 0 aliphatic heterocycles. The van der Waals surface area contributed by atoms with Crippen LogP contribution >= 0.6 is 0 Å². The largest absolute Gasteiger partial charge is 0.464 e. The molecule has 0 aliphatic rings. The number of hydrogen-bond acceptors (Lipinski definition) is 4. The molecular formula is C14H25NO3. The molecule has 1 heterocycles. The lowest BCUT2D eigenvalue weighted by Crippen LogP contribution is -2.11. The molecule has 1 aromatic rings. The molecular weight excluding hydrogens is 230 g/mol.